The smallest absolute Gasteiger partial charge is 0.319 e. The zero-order valence-electron chi connectivity index (χ0n) is 17.8. The minimum Gasteiger partial charge on any atom is -0.367 e. The van der Waals surface area contributed by atoms with Gasteiger partial charge in [0.15, 0.2) is 5.82 Å². The largest absolute Gasteiger partial charge is 0.367 e. The van der Waals surface area contributed by atoms with Crippen molar-refractivity contribution in [2.24, 2.45) is 0 Å². The van der Waals surface area contributed by atoms with Gasteiger partial charge >= 0.3 is 6.03 Å². The van der Waals surface area contributed by atoms with Crippen LogP contribution < -0.4 is 15.5 Å². The van der Waals surface area contributed by atoms with Crippen LogP contribution in [0.4, 0.5) is 20.6 Å². The van der Waals surface area contributed by atoms with Crippen LogP contribution in [0.3, 0.4) is 0 Å². The predicted octanol–water partition coefficient (Wildman–Crippen LogP) is 1.78. The van der Waals surface area contributed by atoms with Crippen molar-refractivity contribution in [1.29, 1.82) is 0 Å². The molecule has 0 bridgehead atoms. The van der Waals surface area contributed by atoms with E-state index >= 15 is 4.39 Å². The molecule has 0 saturated carbocycles. The lowest BCUT2D eigenvalue weighted by Crippen LogP contribution is -2.51. The molecule has 0 spiro atoms. The first-order chi connectivity index (χ1) is 14.7. The van der Waals surface area contributed by atoms with Crippen LogP contribution in [0.1, 0.15) is 11.3 Å². The lowest BCUT2D eigenvalue weighted by Gasteiger charge is -2.36. The summed E-state index contributed by atoms with van der Waals surface area (Å²) in [6.07, 6.45) is 1.55. The van der Waals surface area contributed by atoms with E-state index in [9.17, 15) is 13.2 Å². The molecule has 2 N–H and O–H groups in total. The molecular formula is C20H27FN6O3S. The van der Waals surface area contributed by atoms with Gasteiger partial charge in [-0.25, -0.2) is 9.18 Å². The highest BCUT2D eigenvalue weighted by Gasteiger charge is 2.29. The van der Waals surface area contributed by atoms with E-state index in [2.05, 4.69) is 15.6 Å². The molecule has 1 aliphatic rings. The molecule has 1 saturated heterocycles. The molecule has 2 amide bonds. The van der Waals surface area contributed by atoms with Gasteiger partial charge in [-0.3, -0.25) is 4.98 Å². The van der Waals surface area contributed by atoms with Crippen LogP contribution in [0.25, 0.3) is 0 Å². The summed E-state index contributed by atoms with van der Waals surface area (Å²) in [6.45, 7) is 3.16. The van der Waals surface area contributed by atoms with E-state index in [0.29, 0.717) is 30.0 Å². The molecule has 168 valence electrons. The van der Waals surface area contributed by atoms with Gasteiger partial charge in [-0.05, 0) is 25.1 Å². The molecule has 11 heteroatoms. The Bertz CT molecular complexity index is 1020. The fraction of sp³-hybridized carbons (Fsp3) is 0.400. The number of piperazine rings is 1. The second kappa shape index (κ2) is 9.58. The Labute approximate surface area is 182 Å². The highest BCUT2D eigenvalue weighted by atomic mass is 32.2. The van der Waals surface area contributed by atoms with Crippen LogP contribution >= 0.6 is 0 Å². The van der Waals surface area contributed by atoms with Crippen LogP contribution in [0.5, 0.6) is 0 Å². The number of pyridine rings is 1. The van der Waals surface area contributed by atoms with E-state index in [1.807, 2.05) is 11.8 Å². The maximum absolute atomic E-state index is 15.1. The van der Waals surface area contributed by atoms with Gasteiger partial charge in [0.2, 0.25) is 0 Å². The van der Waals surface area contributed by atoms with Crippen molar-refractivity contribution < 1.29 is 17.6 Å². The Balaban J connectivity index is 1.60. The van der Waals surface area contributed by atoms with Gasteiger partial charge in [-0.2, -0.15) is 17.0 Å². The molecule has 0 aliphatic carbocycles. The molecule has 1 aromatic heterocycles. The van der Waals surface area contributed by atoms with Crippen molar-refractivity contribution in [3.8, 4) is 0 Å². The third kappa shape index (κ3) is 5.49. The Kier molecular flexibility index (Phi) is 7.08. The Morgan fingerprint density at radius 1 is 1.16 bits per heavy atom. The van der Waals surface area contributed by atoms with Gasteiger partial charge in [-0.1, -0.05) is 12.1 Å². The number of benzene rings is 1. The van der Waals surface area contributed by atoms with E-state index in [-0.39, 0.29) is 19.6 Å². The van der Waals surface area contributed by atoms with Crippen LogP contribution in [0, 0.1) is 12.7 Å². The van der Waals surface area contributed by atoms with Gasteiger partial charge in [0.25, 0.3) is 10.2 Å². The zero-order chi connectivity index (χ0) is 22.6. The van der Waals surface area contributed by atoms with Gasteiger partial charge in [0, 0.05) is 58.1 Å². The number of halogens is 1. The molecule has 2 aromatic rings. The lowest BCUT2D eigenvalue weighted by molar-refractivity contribution is 0.251. The van der Waals surface area contributed by atoms with Gasteiger partial charge in [0.1, 0.15) is 0 Å². The van der Waals surface area contributed by atoms with Crippen molar-refractivity contribution in [2.45, 2.75) is 13.5 Å². The fourth-order valence-electron chi connectivity index (χ4n) is 3.23. The minimum atomic E-state index is -3.48. The van der Waals surface area contributed by atoms with E-state index < -0.39 is 22.1 Å². The molecule has 1 aromatic carbocycles. The molecule has 0 radical (unpaired) electrons. The second-order valence-corrected chi connectivity index (χ2v) is 9.56. The Morgan fingerprint density at radius 2 is 1.87 bits per heavy atom. The monoisotopic (exact) mass is 450 g/mol. The van der Waals surface area contributed by atoms with Crippen LogP contribution in [-0.4, -0.2) is 68.3 Å². The summed E-state index contributed by atoms with van der Waals surface area (Å²) in [5.41, 5.74) is 2.12. The molecule has 1 aliphatic heterocycles. The summed E-state index contributed by atoms with van der Waals surface area (Å²) in [6, 6.07) is 8.05. The van der Waals surface area contributed by atoms with Crippen molar-refractivity contribution in [3.63, 3.8) is 0 Å². The summed E-state index contributed by atoms with van der Waals surface area (Å²) >= 11 is 0. The third-order valence-corrected chi connectivity index (χ3v) is 6.97. The first-order valence-corrected chi connectivity index (χ1v) is 11.3. The summed E-state index contributed by atoms with van der Waals surface area (Å²) in [4.78, 5) is 18.0. The van der Waals surface area contributed by atoms with E-state index in [1.54, 1.807) is 36.5 Å². The van der Waals surface area contributed by atoms with Crippen molar-refractivity contribution in [3.05, 3.63) is 53.6 Å². The first-order valence-electron chi connectivity index (χ1n) is 9.86. The number of hydrogen-bond donors (Lipinski definition) is 2. The molecule has 0 unspecified atom stereocenters. The average Bonchev–Trinajstić information content (AvgIpc) is 2.74. The highest BCUT2D eigenvalue weighted by Crippen LogP contribution is 2.24. The van der Waals surface area contributed by atoms with Gasteiger partial charge in [0.05, 0.1) is 17.6 Å². The van der Waals surface area contributed by atoms with Crippen LogP contribution in [0.15, 0.2) is 36.5 Å². The number of anilines is 2. The lowest BCUT2D eigenvalue weighted by atomic mass is 10.1. The number of aryl methyl sites for hydroxylation is 1. The maximum Gasteiger partial charge on any atom is 0.319 e. The molecule has 31 heavy (non-hydrogen) atoms. The molecule has 1 fully saturated rings. The summed E-state index contributed by atoms with van der Waals surface area (Å²) in [7, 11) is -0.504. The van der Waals surface area contributed by atoms with Gasteiger partial charge in [-0.15, -0.1) is 0 Å². The van der Waals surface area contributed by atoms with Crippen molar-refractivity contribution in [2.75, 3.05) is 50.5 Å². The summed E-state index contributed by atoms with van der Waals surface area (Å²) in [5.74, 6) is -0.427. The van der Waals surface area contributed by atoms with E-state index in [0.717, 1.165) is 5.69 Å². The van der Waals surface area contributed by atoms with Crippen LogP contribution in [0.2, 0.25) is 0 Å². The maximum atomic E-state index is 15.1. The zero-order valence-corrected chi connectivity index (χ0v) is 18.6. The minimum absolute atomic E-state index is 0.0137. The number of nitrogens with zero attached hydrogens (tertiary/aromatic N) is 4. The first kappa shape index (κ1) is 22.9. The quantitative estimate of drug-likeness (QED) is 0.699. The third-order valence-electron chi connectivity index (χ3n) is 5.03. The second-order valence-electron chi connectivity index (χ2n) is 7.42. The average molecular weight is 451 g/mol. The van der Waals surface area contributed by atoms with Crippen molar-refractivity contribution >= 4 is 27.6 Å². The Morgan fingerprint density at radius 3 is 2.48 bits per heavy atom. The number of amides is 2. The highest BCUT2D eigenvalue weighted by molar-refractivity contribution is 7.86. The standard InChI is InChI=1S/C20H27FN6O3S/c1-15-7-8-17(14-22-15)24-20(28)23-13-16-5-4-6-18(19(16)21)26-9-11-27(12-10-26)31(29,30)25(2)3/h4-8,14H,9-13H2,1-3H3,(H2,23,24,28). The molecule has 0 atom stereocenters. The SMILES string of the molecule is Cc1ccc(NC(=O)NCc2cccc(N3CCN(S(=O)(=O)N(C)C)CC3)c2F)cn1. The summed E-state index contributed by atoms with van der Waals surface area (Å²) in [5, 5.41) is 5.30. The Hall–Kier alpha value is -2.76. The van der Waals surface area contributed by atoms with E-state index in [4.69, 9.17) is 0 Å². The van der Waals surface area contributed by atoms with E-state index in [1.165, 1.54) is 22.7 Å². The molecule has 2 heterocycles. The van der Waals surface area contributed by atoms with Gasteiger partial charge < -0.3 is 15.5 Å². The number of carbonyl (C=O) groups excluding carboxylic acids is 1. The fourth-order valence-corrected chi connectivity index (χ4v) is 4.32. The summed E-state index contributed by atoms with van der Waals surface area (Å²) < 4.78 is 42.1. The molecule has 9 nitrogen and oxygen atoms in total. The number of urea groups is 1. The number of rotatable bonds is 6. The van der Waals surface area contributed by atoms with Crippen molar-refractivity contribution in [1.82, 2.24) is 18.9 Å². The topological polar surface area (TPSA) is 97.9 Å². The number of carbonyl (C=O) groups is 1. The molecular weight excluding hydrogens is 423 g/mol. The normalized spacial score (nSPS) is 15.2. The molecule has 3 rings (SSSR count). The number of hydrogen-bond acceptors (Lipinski definition) is 5. The predicted molar refractivity (Wildman–Crippen MR) is 118 cm³/mol. The number of aromatic nitrogens is 1. The number of nitrogens with one attached hydrogen (secondary N) is 2. The van der Waals surface area contributed by atoms with Crippen LogP contribution in [-0.2, 0) is 16.8 Å².